The van der Waals surface area contributed by atoms with E-state index in [1.165, 1.54) is 14.0 Å². The Kier molecular flexibility index (Phi) is 7.85. The normalized spacial score (nSPS) is 17.8. The van der Waals surface area contributed by atoms with E-state index in [-0.39, 0.29) is 13.2 Å². The lowest BCUT2D eigenvalue weighted by molar-refractivity contribution is -0.245. The number of hydroxylamine groups is 2. The van der Waals surface area contributed by atoms with E-state index < -0.39 is 18.4 Å². The third-order valence-electron chi connectivity index (χ3n) is 1.86. The quantitative estimate of drug-likeness (QED) is 0.377. The third-order valence-corrected chi connectivity index (χ3v) is 1.86. The van der Waals surface area contributed by atoms with Crippen LogP contribution in [0.1, 0.15) is 13.8 Å². The van der Waals surface area contributed by atoms with Crippen LogP contribution in [0.2, 0.25) is 0 Å². The Balaban J connectivity index is 3.92. The second-order valence-corrected chi connectivity index (χ2v) is 3.30. The van der Waals surface area contributed by atoms with Crippen LogP contribution in [0, 0.1) is 0 Å². The van der Waals surface area contributed by atoms with Gasteiger partial charge in [0.05, 0.1) is 25.4 Å². The topological polar surface area (TPSA) is 82.4 Å². The van der Waals surface area contributed by atoms with Crippen LogP contribution >= 0.6 is 0 Å². The van der Waals surface area contributed by atoms with Gasteiger partial charge in [-0.1, -0.05) is 0 Å². The molecule has 0 saturated carbocycles. The van der Waals surface area contributed by atoms with Crippen LogP contribution in [-0.4, -0.2) is 65.8 Å². The number of nitrogens with zero attached hydrogens (tertiary/aromatic N) is 1. The molecule has 0 aromatic carbocycles. The molecule has 92 valence electrons. The molecule has 0 spiro atoms. The summed E-state index contributed by atoms with van der Waals surface area (Å²) in [5, 5.41) is 28.9. The van der Waals surface area contributed by atoms with E-state index in [1.54, 1.807) is 0 Å². The minimum Gasteiger partial charge on any atom is -0.389 e. The van der Waals surface area contributed by atoms with E-state index >= 15 is 0 Å². The van der Waals surface area contributed by atoms with E-state index in [4.69, 9.17) is 9.47 Å². The summed E-state index contributed by atoms with van der Waals surface area (Å²) in [4.78, 5) is 0. The van der Waals surface area contributed by atoms with Gasteiger partial charge in [0.25, 0.3) is 0 Å². The van der Waals surface area contributed by atoms with Gasteiger partial charge in [-0.15, -0.1) is 0 Å². The molecule has 6 nitrogen and oxygen atoms in total. The SMILES string of the molecule is CCOCC(O)CN(O)C(OC)C(C)O. The monoisotopic (exact) mass is 223 g/mol. The van der Waals surface area contributed by atoms with Crippen molar-refractivity contribution in [2.24, 2.45) is 0 Å². The summed E-state index contributed by atoms with van der Waals surface area (Å²) >= 11 is 0. The van der Waals surface area contributed by atoms with E-state index in [0.717, 1.165) is 5.06 Å². The second-order valence-electron chi connectivity index (χ2n) is 3.30. The summed E-state index contributed by atoms with van der Waals surface area (Å²) in [6.45, 7) is 3.92. The number of hydrogen-bond donors (Lipinski definition) is 3. The Morgan fingerprint density at radius 3 is 2.33 bits per heavy atom. The molecule has 0 aliphatic heterocycles. The number of methoxy groups -OCH3 is 1. The van der Waals surface area contributed by atoms with E-state index in [1.807, 2.05) is 6.92 Å². The number of rotatable bonds is 8. The fourth-order valence-electron chi connectivity index (χ4n) is 1.19. The average Bonchev–Trinajstić information content (AvgIpc) is 2.15. The van der Waals surface area contributed by atoms with Gasteiger partial charge in [0.1, 0.15) is 0 Å². The van der Waals surface area contributed by atoms with Crippen LogP contribution in [0.3, 0.4) is 0 Å². The molecule has 0 fully saturated rings. The van der Waals surface area contributed by atoms with E-state index in [9.17, 15) is 15.4 Å². The van der Waals surface area contributed by atoms with Crippen molar-refractivity contribution in [3.8, 4) is 0 Å². The standard InChI is InChI=1S/C9H21NO5/c1-4-15-6-8(12)5-10(13)9(14-3)7(2)11/h7-9,11-13H,4-6H2,1-3H3. The Morgan fingerprint density at radius 2 is 1.93 bits per heavy atom. The molecule has 3 N–H and O–H groups in total. The van der Waals surface area contributed by atoms with Gasteiger partial charge in [0, 0.05) is 13.7 Å². The molecule has 0 aliphatic rings. The first-order chi connectivity index (χ1) is 7.02. The predicted molar refractivity (Wildman–Crippen MR) is 53.5 cm³/mol. The Bertz CT molecular complexity index is 155. The van der Waals surface area contributed by atoms with Crippen LogP contribution in [0.4, 0.5) is 0 Å². The van der Waals surface area contributed by atoms with Crippen molar-refractivity contribution < 1.29 is 24.9 Å². The molecule has 15 heavy (non-hydrogen) atoms. The number of hydrogen-bond acceptors (Lipinski definition) is 6. The molecule has 0 aliphatic carbocycles. The summed E-state index contributed by atoms with van der Waals surface area (Å²) in [5.41, 5.74) is 0. The molecule has 0 rings (SSSR count). The summed E-state index contributed by atoms with van der Waals surface area (Å²) in [5.74, 6) is 0. The van der Waals surface area contributed by atoms with Crippen molar-refractivity contribution in [3.05, 3.63) is 0 Å². The second kappa shape index (κ2) is 7.98. The molecule has 0 bridgehead atoms. The molecule has 6 heteroatoms. The Labute approximate surface area is 90.0 Å². The van der Waals surface area contributed by atoms with Gasteiger partial charge in [-0.2, -0.15) is 5.06 Å². The first-order valence-electron chi connectivity index (χ1n) is 4.95. The minimum absolute atomic E-state index is 0.0383. The lowest BCUT2D eigenvalue weighted by Crippen LogP contribution is -2.46. The molecule has 0 radical (unpaired) electrons. The van der Waals surface area contributed by atoms with Crippen molar-refractivity contribution >= 4 is 0 Å². The summed E-state index contributed by atoms with van der Waals surface area (Å²) in [6.07, 6.45) is -2.51. The highest BCUT2D eigenvalue weighted by Crippen LogP contribution is 2.04. The van der Waals surface area contributed by atoms with Gasteiger partial charge < -0.3 is 24.9 Å². The summed E-state index contributed by atoms with van der Waals surface area (Å²) in [6, 6.07) is 0. The first-order valence-corrected chi connectivity index (χ1v) is 4.95. The number of aliphatic hydroxyl groups is 2. The lowest BCUT2D eigenvalue weighted by atomic mass is 10.3. The van der Waals surface area contributed by atoms with Gasteiger partial charge in [-0.05, 0) is 13.8 Å². The summed E-state index contributed by atoms with van der Waals surface area (Å²) in [7, 11) is 1.37. The summed E-state index contributed by atoms with van der Waals surface area (Å²) < 4.78 is 9.83. The van der Waals surface area contributed by atoms with Crippen molar-refractivity contribution in [2.75, 3.05) is 26.9 Å². The van der Waals surface area contributed by atoms with Crippen LogP contribution in [0.5, 0.6) is 0 Å². The van der Waals surface area contributed by atoms with Gasteiger partial charge in [-0.25, -0.2) is 0 Å². The first kappa shape index (κ1) is 14.8. The van der Waals surface area contributed by atoms with Crippen molar-refractivity contribution in [1.29, 1.82) is 0 Å². The fourth-order valence-corrected chi connectivity index (χ4v) is 1.19. The molecule has 0 aromatic heterocycles. The minimum atomic E-state index is -0.848. The fraction of sp³-hybridized carbons (Fsp3) is 1.00. The molecule has 0 heterocycles. The Morgan fingerprint density at radius 1 is 1.33 bits per heavy atom. The molecule has 0 saturated heterocycles. The van der Waals surface area contributed by atoms with Gasteiger partial charge >= 0.3 is 0 Å². The highest BCUT2D eigenvalue weighted by molar-refractivity contribution is 4.64. The molecular weight excluding hydrogens is 202 g/mol. The lowest BCUT2D eigenvalue weighted by Gasteiger charge is -2.28. The van der Waals surface area contributed by atoms with Gasteiger partial charge in [0.2, 0.25) is 0 Å². The van der Waals surface area contributed by atoms with Crippen molar-refractivity contribution in [3.63, 3.8) is 0 Å². The van der Waals surface area contributed by atoms with Crippen molar-refractivity contribution in [2.45, 2.75) is 32.3 Å². The highest BCUT2D eigenvalue weighted by atomic mass is 16.6. The Hall–Kier alpha value is -0.240. The maximum Gasteiger partial charge on any atom is 0.157 e. The van der Waals surface area contributed by atoms with E-state index in [2.05, 4.69) is 0 Å². The average molecular weight is 223 g/mol. The molecule has 3 unspecified atom stereocenters. The van der Waals surface area contributed by atoms with Gasteiger partial charge in [0.15, 0.2) is 6.23 Å². The van der Waals surface area contributed by atoms with Gasteiger partial charge in [-0.3, -0.25) is 0 Å². The third kappa shape index (κ3) is 6.03. The number of aliphatic hydroxyl groups excluding tert-OH is 2. The van der Waals surface area contributed by atoms with Crippen LogP contribution in [-0.2, 0) is 9.47 Å². The molecule has 0 amide bonds. The number of ether oxygens (including phenoxy) is 2. The van der Waals surface area contributed by atoms with Crippen molar-refractivity contribution in [1.82, 2.24) is 5.06 Å². The largest absolute Gasteiger partial charge is 0.389 e. The smallest absolute Gasteiger partial charge is 0.157 e. The molecule has 3 atom stereocenters. The van der Waals surface area contributed by atoms with Crippen LogP contribution < -0.4 is 0 Å². The van der Waals surface area contributed by atoms with Crippen LogP contribution in [0.25, 0.3) is 0 Å². The zero-order valence-corrected chi connectivity index (χ0v) is 9.46. The zero-order chi connectivity index (χ0) is 11.8. The maximum atomic E-state index is 9.48. The zero-order valence-electron chi connectivity index (χ0n) is 9.46. The predicted octanol–water partition coefficient (Wildman–Crippen LogP) is -0.572. The maximum absolute atomic E-state index is 9.48. The van der Waals surface area contributed by atoms with Crippen LogP contribution in [0.15, 0.2) is 0 Å². The highest BCUT2D eigenvalue weighted by Gasteiger charge is 2.23. The molecule has 0 aromatic rings. The molecular formula is C9H21NO5. The van der Waals surface area contributed by atoms with E-state index in [0.29, 0.717) is 6.61 Å².